The third-order valence-electron chi connectivity index (χ3n) is 4.17. The fourth-order valence-corrected chi connectivity index (χ4v) is 3.03. The number of aryl methyl sites for hydroxylation is 1. The highest BCUT2D eigenvalue weighted by molar-refractivity contribution is 6.30. The first kappa shape index (κ1) is 18.8. The molecule has 7 heteroatoms. The van der Waals surface area contributed by atoms with Gasteiger partial charge in [0.2, 0.25) is 0 Å². The molecule has 1 atom stereocenters. The zero-order chi connectivity index (χ0) is 19.6. The summed E-state index contributed by atoms with van der Waals surface area (Å²) in [4.78, 5) is 24.0. The van der Waals surface area contributed by atoms with E-state index in [2.05, 4.69) is 5.16 Å². The third-order valence-corrected chi connectivity index (χ3v) is 4.42. The lowest BCUT2D eigenvalue weighted by Gasteiger charge is -2.12. The number of aromatic nitrogens is 1. The first-order chi connectivity index (χ1) is 12.9. The molecule has 0 saturated carbocycles. The van der Waals surface area contributed by atoms with Crippen LogP contribution in [0.5, 0.6) is 0 Å². The van der Waals surface area contributed by atoms with Gasteiger partial charge in [-0.3, -0.25) is 9.59 Å². The fraction of sp³-hybridized carbons (Fsp3) is 0.150. The van der Waals surface area contributed by atoms with E-state index in [9.17, 15) is 9.59 Å². The van der Waals surface area contributed by atoms with Gasteiger partial charge < -0.3 is 15.4 Å². The molecule has 1 heterocycles. The molecule has 0 amide bonds. The molecule has 0 radical (unpaired) electrons. The lowest BCUT2D eigenvalue weighted by atomic mass is 9.91. The van der Waals surface area contributed by atoms with Crippen LogP contribution in [0.3, 0.4) is 0 Å². The number of carbonyl (C=O) groups excluding carboxylic acids is 1. The minimum absolute atomic E-state index is 0.194. The molecule has 1 aromatic heterocycles. The van der Waals surface area contributed by atoms with Gasteiger partial charge in [-0.05, 0) is 36.8 Å². The van der Waals surface area contributed by atoms with E-state index in [1.807, 2.05) is 0 Å². The van der Waals surface area contributed by atoms with E-state index in [4.69, 9.17) is 27.0 Å². The van der Waals surface area contributed by atoms with E-state index in [1.54, 1.807) is 55.5 Å². The molecule has 0 bridgehead atoms. The van der Waals surface area contributed by atoms with Crippen LogP contribution >= 0.6 is 11.6 Å². The van der Waals surface area contributed by atoms with Crippen LogP contribution in [-0.2, 0) is 4.79 Å². The molecule has 2 aromatic carbocycles. The number of carbonyl (C=O) groups is 2. The molecular formula is C20H17ClN2O4. The molecule has 0 spiro atoms. The fourth-order valence-electron chi connectivity index (χ4n) is 2.90. The summed E-state index contributed by atoms with van der Waals surface area (Å²) >= 11 is 5.90. The highest BCUT2D eigenvalue weighted by Gasteiger charge is 2.26. The highest BCUT2D eigenvalue weighted by atomic mass is 35.5. The molecule has 3 N–H and O–H groups in total. The van der Waals surface area contributed by atoms with E-state index in [0.717, 1.165) is 0 Å². The average Bonchev–Trinajstić information content (AvgIpc) is 3.03. The Kier molecular flexibility index (Phi) is 5.39. The first-order valence-electron chi connectivity index (χ1n) is 8.21. The Balaban J connectivity index is 2.10. The largest absolute Gasteiger partial charge is 0.481 e. The molecule has 0 unspecified atom stereocenters. The van der Waals surface area contributed by atoms with Crippen LogP contribution in [0.4, 0.5) is 0 Å². The molecule has 27 heavy (non-hydrogen) atoms. The number of hydrogen-bond donors (Lipinski definition) is 2. The van der Waals surface area contributed by atoms with Crippen molar-refractivity contribution in [2.45, 2.75) is 19.4 Å². The smallest absolute Gasteiger partial charge is 0.305 e. The maximum Gasteiger partial charge on any atom is 0.305 e. The molecule has 3 aromatic rings. The topological polar surface area (TPSA) is 106 Å². The van der Waals surface area contributed by atoms with E-state index in [1.165, 1.54) is 0 Å². The van der Waals surface area contributed by atoms with Crippen LogP contribution in [0.25, 0.3) is 11.1 Å². The second-order valence-electron chi connectivity index (χ2n) is 6.09. The van der Waals surface area contributed by atoms with Gasteiger partial charge in [-0.25, -0.2) is 0 Å². The molecular weight excluding hydrogens is 368 g/mol. The number of ketones is 1. The number of benzene rings is 2. The first-order valence-corrected chi connectivity index (χ1v) is 8.59. The van der Waals surface area contributed by atoms with Crippen LogP contribution in [-0.4, -0.2) is 22.0 Å². The normalized spacial score (nSPS) is 12.0. The molecule has 0 aliphatic carbocycles. The van der Waals surface area contributed by atoms with Crippen molar-refractivity contribution >= 4 is 23.4 Å². The standard InChI is InChI=1S/C20H17ClN2O4/c1-11-18(20(27-23-11)16(22)10-17(24)25)14-4-2-3-5-15(14)19(26)12-6-8-13(21)9-7-12/h2-9,16H,10,22H2,1H3,(H,24,25)/t16-/m0/s1. The highest BCUT2D eigenvalue weighted by Crippen LogP contribution is 2.35. The maximum atomic E-state index is 13.0. The number of aliphatic carboxylic acids is 1. The van der Waals surface area contributed by atoms with Crippen molar-refractivity contribution in [2.75, 3.05) is 0 Å². The van der Waals surface area contributed by atoms with Crippen molar-refractivity contribution in [3.8, 4) is 11.1 Å². The average molecular weight is 385 g/mol. The van der Waals surface area contributed by atoms with Crippen molar-refractivity contribution in [3.05, 3.63) is 76.1 Å². The van der Waals surface area contributed by atoms with Crippen molar-refractivity contribution in [2.24, 2.45) is 5.73 Å². The van der Waals surface area contributed by atoms with Gasteiger partial charge in [0.05, 0.1) is 18.2 Å². The Bertz CT molecular complexity index is 995. The number of rotatable bonds is 6. The molecule has 0 fully saturated rings. The van der Waals surface area contributed by atoms with Gasteiger partial charge in [0, 0.05) is 21.7 Å². The van der Waals surface area contributed by atoms with Crippen LogP contribution in [0.2, 0.25) is 5.02 Å². The Morgan fingerprint density at radius 1 is 1.19 bits per heavy atom. The predicted molar refractivity (Wildman–Crippen MR) is 101 cm³/mol. The summed E-state index contributed by atoms with van der Waals surface area (Å²) in [6, 6.07) is 12.7. The zero-order valence-corrected chi connectivity index (χ0v) is 15.2. The summed E-state index contributed by atoms with van der Waals surface area (Å²) in [5.41, 5.74) is 8.57. The minimum Gasteiger partial charge on any atom is -0.481 e. The second kappa shape index (κ2) is 7.73. The summed E-state index contributed by atoms with van der Waals surface area (Å²) in [5.74, 6) is -1.00. The summed E-state index contributed by atoms with van der Waals surface area (Å²) in [6.45, 7) is 1.72. The van der Waals surface area contributed by atoms with Crippen molar-refractivity contribution in [1.82, 2.24) is 5.16 Å². The number of hydrogen-bond acceptors (Lipinski definition) is 5. The Hall–Kier alpha value is -2.96. The van der Waals surface area contributed by atoms with E-state index >= 15 is 0 Å². The Morgan fingerprint density at radius 2 is 1.85 bits per heavy atom. The van der Waals surface area contributed by atoms with Gasteiger partial charge in [-0.2, -0.15) is 0 Å². The molecule has 0 saturated heterocycles. The lowest BCUT2D eigenvalue weighted by Crippen LogP contribution is -2.15. The number of halogens is 1. The molecule has 3 rings (SSSR count). The summed E-state index contributed by atoms with van der Waals surface area (Å²) < 4.78 is 5.30. The summed E-state index contributed by atoms with van der Waals surface area (Å²) in [7, 11) is 0. The molecule has 0 aliphatic rings. The molecule has 6 nitrogen and oxygen atoms in total. The van der Waals surface area contributed by atoms with Crippen molar-refractivity contribution in [3.63, 3.8) is 0 Å². The van der Waals surface area contributed by atoms with Gasteiger partial charge in [0.25, 0.3) is 0 Å². The SMILES string of the molecule is Cc1noc([C@@H](N)CC(=O)O)c1-c1ccccc1C(=O)c1ccc(Cl)cc1. The molecule has 138 valence electrons. The van der Waals surface area contributed by atoms with Crippen LogP contribution < -0.4 is 5.73 Å². The quantitative estimate of drug-likeness (QED) is 0.622. The van der Waals surface area contributed by atoms with Crippen molar-refractivity contribution in [1.29, 1.82) is 0 Å². The minimum atomic E-state index is -1.05. The van der Waals surface area contributed by atoms with E-state index < -0.39 is 12.0 Å². The molecule has 0 aliphatic heterocycles. The van der Waals surface area contributed by atoms with E-state index in [0.29, 0.717) is 33.0 Å². The van der Waals surface area contributed by atoms with Gasteiger partial charge in [-0.1, -0.05) is 41.0 Å². The summed E-state index contributed by atoms with van der Waals surface area (Å²) in [6.07, 6.45) is -0.311. The number of nitrogens with zero attached hydrogens (tertiary/aromatic N) is 1. The third kappa shape index (κ3) is 3.92. The lowest BCUT2D eigenvalue weighted by molar-refractivity contribution is -0.137. The Labute approximate surface area is 160 Å². The van der Waals surface area contributed by atoms with Gasteiger partial charge in [0.15, 0.2) is 11.5 Å². The Morgan fingerprint density at radius 3 is 2.52 bits per heavy atom. The summed E-state index contributed by atoms with van der Waals surface area (Å²) in [5, 5.41) is 13.5. The predicted octanol–water partition coefficient (Wildman–Crippen LogP) is 4.01. The number of nitrogens with two attached hydrogens (primary N) is 1. The van der Waals surface area contributed by atoms with Gasteiger partial charge in [-0.15, -0.1) is 0 Å². The number of carboxylic acid groups (broad SMARTS) is 1. The number of carboxylic acids is 1. The van der Waals surface area contributed by atoms with Crippen LogP contribution in [0.15, 0.2) is 53.1 Å². The monoisotopic (exact) mass is 384 g/mol. The van der Waals surface area contributed by atoms with E-state index in [-0.39, 0.29) is 18.0 Å². The second-order valence-corrected chi connectivity index (χ2v) is 6.53. The van der Waals surface area contributed by atoms with Crippen LogP contribution in [0, 0.1) is 6.92 Å². The van der Waals surface area contributed by atoms with Gasteiger partial charge in [0.1, 0.15) is 0 Å². The van der Waals surface area contributed by atoms with Gasteiger partial charge >= 0.3 is 5.97 Å². The van der Waals surface area contributed by atoms with Crippen molar-refractivity contribution < 1.29 is 19.2 Å². The van der Waals surface area contributed by atoms with Crippen LogP contribution in [0.1, 0.15) is 39.8 Å². The maximum absolute atomic E-state index is 13.0. The zero-order valence-electron chi connectivity index (χ0n) is 14.5.